The Kier molecular flexibility index (Phi) is 5.95. The van der Waals surface area contributed by atoms with E-state index in [9.17, 15) is 13.6 Å². The van der Waals surface area contributed by atoms with Crippen LogP contribution < -0.4 is 4.72 Å². The Balaban J connectivity index is 2.80. The van der Waals surface area contributed by atoms with E-state index in [2.05, 4.69) is 17.5 Å². The van der Waals surface area contributed by atoms with Gasteiger partial charge in [-0.2, -0.15) is 0 Å². The number of carbonyl (C=O) groups is 1. The number of carbonyl (C=O) groups excluding carboxylic acids is 1. The summed E-state index contributed by atoms with van der Waals surface area (Å²) in [6.07, 6.45) is 0.991. The highest BCUT2D eigenvalue weighted by Crippen LogP contribution is 2.30. The molecule has 0 bridgehead atoms. The molecule has 6 heteroatoms. The van der Waals surface area contributed by atoms with E-state index in [0.29, 0.717) is 18.4 Å². The Bertz CT molecular complexity index is 460. The van der Waals surface area contributed by atoms with Crippen molar-refractivity contribution in [2.24, 2.45) is 5.41 Å². The van der Waals surface area contributed by atoms with Gasteiger partial charge in [-0.25, -0.2) is 8.78 Å². The molecule has 0 saturated heterocycles. The largest absolute Gasteiger partial charge is 0.469 e. The lowest BCUT2D eigenvalue weighted by atomic mass is 9.85. The molecule has 1 atom stereocenters. The molecule has 1 aromatic rings. The summed E-state index contributed by atoms with van der Waals surface area (Å²) in [5.41, 5.74) is -0.207. The van der Waals surface area contributed by atoms with Crippen LogP contribution in [0.2, 0.25) is 0 Å². The lowest BCUT2D eigenvalue weighted by molar-refractivity contribution is -0.151. The van der Waals surface area contributed by atoms with Crippen LogP contribution in [-0.2, 0) is 9.53 Å². The maximum atomic E-state index is 13.2. The van der Waals surface area contributed by atoms with Crippen molar-refractivity contribution in [3.63, 3.8) is 0 Å². The second-order valence-electron chi connectivity index (χ2n) is 5.30. The van der Waals surface area contributed by atoms with Crippen molar-refractivity contribution in [3.8, 4) is 0 Å². The molecule has 0 aliphatic carbocycles. The third-order valence-corrected chi connectivity index (χ3v) is 3.55. The molecule has 0 amide bonds. The fraction of sp³-hybridized carbons (Fsp3) is 0.500. The van der Waals surface area contributed by atoms with Gasteiger partial charge >= 0.3 is 5.97 Å². The first kappa shape index (κ1) is 16.9. The summed E-state index contributed by atoms with van der Waals surface area (Å²) in [5.74, 6) is -1.59. The zero-order chi connectivity index (χ0) is 15.3. The second-order valence-corrected chi connectivity index (χ2v) is 5.56. The van der Waals surface area contributed by atoms with Gasteiger partial charge in [-0.1, -0.05) is 12.8 Å². The van der Waals surface area contributed by atoms with Crippen LogP contribution in [0.3, 0.4) is 0 Å². The van der Waals surface area contributed by atoms with Gasteiger partial charge in [-0.3, -0.25) is 9.52 Å². The van der Waals surface area contributed by atoms with E-state index in [4.69, 9.17) is 4.74 Å². The number of nitrogens with one attached hydrogen (secondary N) is 1. The van der Waals surface area contributed by atoms with E-state index < -0.39 is 17.0 Å². The number of halogens is 2. The highest BCUT2D eigenvalue weighted by molar-refractivity contribution is 7.78. The number of methoxy groups -OCH3 is 1. The van der Waals surface area contributed by atoms with Crippen LogP contribution in [-0.4, -0.2) is 13.1 Å². The Morgan fingerprint density at radius 3 is 2.35 bits per heavy atom. The van der Waals surface area contributed by atoms with Crippen LogP contribution in [0.1, 0.15) is 38.3 Å². The van der Waals surface area contributed by atoms with Crippen molar-refractivity contribution in [1.82, 2.24) is 4.72 Å². The predicted molar refractivity (Wildman–Crippen MR) is 76.3 cm³/mol. The van der Waals surface area contributed by atoms with Crippen molar-refractivity contribution < 1.29 is 18.3 Å². The molecule has 0 heterocycles. The maximum Gasteiger partial charge on any atom is 0.311 e. The Hall–Kier alpha value is -1.14. The van der Waals surface area contributed by atoms with Crippen LogP contribution in [0.25, 0.3) is 0 Å². The van der Waals surface area contributed by atoms with E-state index in [1.807, 2.05) is 0 Å². The van der Waals surface area contributed by atoms with E-state index >= 15 is 0 Å². The summed E-state index contributed by atoms with van der Waals surface area (Å²) in [6.45, 7) is 3.53. The van der Waals surface area contributed by atoms with Crippen LogP contribution in [0.4, 0.5) is 8.78 Å². The molecule has 0 aliphatic rings. The van der Waals surface area contributed by atoms with Gasteiger partial charge in [0.05, 0.1) is 12.5 Å². The van der Waals surface area contributed by atoms with Gasteiger partial charge in [0.1, 0.15) is 11.6 Å². The maximum absolute atomic E-state index is 13.2. The number of ether oxygens (including phenoxy) is 1. The number of thiol groups is 1. The van der Waals surface area contributed by atoms with Crippen LogP contribution >= 0.6 is 12.8 Å². The predicted octanol–water partition coefficient (Wildman–Crippen LogP) is 3.42. The van der Waals surface area contributed by atoms with Crippen molar-refractivity contribution in [1.29, 1.82) is 0 Å². The molecule has 1 aromatic carbocycles. The summed E-state index contributed by atoms with van der Waals surface area (Å²) in [4.78, 5) is 11.6. The Morgan fingerprint density at radius 2 is 1.90 bits per heavy atom. The quantitative estimate of drug-likeness (QED) is 0.625. The lowest BCUT2D eigenvalue weighted by Crippen LogP contribution is -2.27. The smallest absolute Gasteiger partial charge is 0.311 e. The molecule has 0 fully saturated rings. The highest BCUT2D eigenvalue weighted by atomic mass is 32.1. The van der Waals surface area contributed by atoms with E-state index in [-0.39, 0.29) is 12.0 Å². The lowest BCUT2D eigenvalue weighted by Gasteiger charge is -2.24. The first-order valence-electron chi connectivity index (χ1n) is 6.24. The van der Waals surface area contributed by atoms with Gasteiger partial charge in [0, 0.05) is 12.1 Å². The molecule has 20 heavy (non-hydrogen) atoms. The van der Waals surface area contributed by atoms with Crippen molar-refractivity contribution in [2.75, 3.05) is 7.11 Å². The zero-order valence-electron chi connectivity index (χ0n) is 11.7. The number of esters is 1. The number of hydrogen-bond acceptors (Lipinski definition) is 4. The molecule has 0 aliphatic heterocycles. The van der Waals surface area contributed by atoms with Crippen molar-refractivity contribution in [3.05, 3.63) is 35.4 Å². The minimum absolute atomic E-state index is 0.319. The molecule has 0 aromatic heterocycles. The standard InChI is InChI=1S/C14H19F2NO2S/c1-14(2,13(18)19-3)5-4-12(17-20)9-6-10(15)8-11(16)7-9/h6-8,12,17,20H,4-5H2,1-3H3. The molecule has 0 radical (unpaired) electrons. The molecule has 3 nitrogen and oxygen atoms in total. The van der Waals surface area contributed by atoms with Gasteiger partial charge in [0.2, 0.25) is 0 Å². The zero-order valence-corrected chi connectivity index (χ0v) is 12.6. The van der Waals surface area contributed by atoms with Crippen LogP contribution in [0.5, 0.6) is 0 Å². The van der Waals surface area contributed by atoms with E-state index in [1.54, 1.807) is 13.8 Å². The molecule has 1 rings (SSSR count). The Labute approximate surface area is 123 Å². The Morgan fingerprint density at radius 1 is 1.35 bits per heavy atom. The molecule has 1 N–H and O–H groups in total. The molecule has 1 unspecified atom stereocenters. The average molecular weight is 303 g/mol. The first-order valence-corrected chi connectivity index (χ1v) is 6.69. The van der Waals surface area contributed by atoms with Crippen LogP contribution in [0, 0.1) is 17.0 Å². The molecular formula is C14H19F2NO2S. The van der Waals surface area contributed by atoms with Gasteiger partial charge < -0.3 is 4.74 Å². The van der Waals surface area contributed by atoms with Crippen molar-refractivity contribution in [2.45, 2.75) is 32.7 Å². The topological polar surface area (TPSA) is 38.3 Å². The normalized spacial score (nSPS) is 13.1. The monoisotopic (exact) mass is 303 g/mol. The number of hydrogen-bond donors (Lipinski definition) is 2. The summed E-state index contributed by atoms with van der Waals surface area (Å²) < 4.78 is 33.9. The number of rotatable bonds is 6. The summed E-state index contributed by atoms with van der Waals surface area (Å²) in [5, 5.41) is 0. The van der Waals surface area contributed by atoms with Gasteiger partial charge in [-0.05, 0) is 44.4 Å². The second kappa shape index (κ2) is 7.04. The third kappa shape index (κ3) is 4.45. The molecule has 0 spiro atoms. The summed E-state index contributed by atoms with van der Waals surface area (Å²) in [7, 11) is 1.33. The summed E-state index contributed by atoms with van der Waals surface area (Å²) in [6, 6.07) is 2.97. The molecule has 0 saturated carbocycles. The van der Waals surface area contributed by atoms with E-state index in [1.165, 1.54) is 19.2 Å². The minimum atomic E-state index is -0.663. The average Bonchev–Trinajstić information content (AvgIpc) is 2.37. The van der Waals surface area contributed by atoms with E-state index in [0.717, 1.165) is 6.07 Å². The van der Waals surface area contributed by atoms with Gasteiger partial charge in [0.15, 0.2) is 0 Å². The SMILES string of the molecule is COC(=O)C(C)(C)CCC(NS)c1cc(F)cc(F)c1. The fourth-order valence-electron chi connectivity index (χ4n) is 1.97. The first-order chi connectivity index (χ1) is 9.30. The van der Waals surface area contributed by atoms with Gasteiger partial charge in [-0.15, -0.1) is 0 Å². The third-order valence-electron chi connectivity index (χ3n) is 3.24. The van der Waals surface area contributed by atoms with Crippen molar-refractivity contribution >= 4 is 18.8 Å². The molecular weight excluding hydrogens is 284 g/mol. The summed E-state index contributed by atoms with van der Waals surface area (Å²) >= 11 is 3.99. The highest BCUT2D eigenvalue weighted by Gasteiger charge is 2.29. The fourth-order valence-corrected chi connectivity index (χ4v) is 2.24. The molecule has 112 valence electrons. The minimum Gasteiger partial charge on any atom is -0.469 e. The van der Waals surface area contributed by atoms with Gasteiger partial charge in [0.25, 0.3) is 0 Å². The van der Waals surface area contributed by atoms with Crippen LogP contribution in [0.15, 0.2) is 18.2 Å². The number of benzene rings is 1.